The molecule has 2 aromatic rings. The summed E-state index contributed by atoms with van der Waals surface area (Å²) in [5.74, 6) is -0.406. The number of rotatable bonds is 1. The summed E-state index contributed by atoms with van der Waals surface area (Å²) in [5.41, 5.74) is 5.18. The molecule has 0 heterocycles. The predicted molar refractivity (Wildman–Crippen MR) is 56.7 cm³/mol. The van der Waals surface area contributed by atoms with E-state index in [9.17, 15) is 15.2 Å². The van der Waals surface area contributed by atoms with Gasteiger partial charge in [0.05, 0.1) is 4.92 Å². The third-order valence-electron chi connectivity index (χ3n) is 2.22. The van der Waals surface area contributed by atoms with Gasteiger partial charge in [0, 0.05) is 5.39 Å². The number of anilines is 1. The highest BCUT2D eigenvalue weighted by atomic mass is 16.6. The molecule has 0 spiro atoms. The Hall–Kier alpha value is -2.30. The molecular formula is C10H8N2O3. The average Bonchev–Trinajstić information content (AvgIpc) is 2.17. The minimum atomic E-state index is -0.683. The van der Waals surface area contributed by atoms with Gasteiger partial charge in [-0.15, -0.1) is 0 Å². The SMILES string of the molecule is Nc1c([N+](=O)[O-])c(O)cc2ccccc12. The number of benzene rings is 2. The van der Waals surface area contributed by atoms with E-state index in [1.165, 1.54) is 6.07 Å². The first kappa shape index (κ1) is 9.26. The van der Waals surface area contributed by atoms with Crippen molar-refractivity contribution in [2.75, 3.05) is 5.73 Å². The standard InChI is InChI=1S/C10H8N2O3/c11-9-7-4-2-1-3-6(7)5-8(13)10(9)12(14)15/h1-5,13H,11H2. The van der Waals surface area contributed by atoms with Crippen molar-refractivity contribution < 1.29 is 10.0 Å². The maximum Gasteiger partial charge on any atom is 0.333 e. The van der Waals surface area contributed by atoms with Gasteiger partial charge in [-0.1, -0.05) is 24.3 Å². The number of hydrogen-bond acceptors (Lipinski definition) is 4. The van der Waals surface area contributed by atoms with Gasteiger partial charge in [-0.3, -0.25) is 10.1 Å². The van der Waals surface area contributed by atoms with Crippen molar-refractivity contribution in [3.05, 3.63) is 40.4 Å². The molecule has 0 aromatic heterocycles. The molecule has 76 valence electrons. The number of fused-ring (bicyclic) bond motifs is 1. The number of phenols is 1. The van der Waals surface area contributed by atoms with Crippen LogP contribution in [0.3, 0.4) is 0 Å². The van der Waals surface area contributed by atoms with E-state index in [1.807, 2.05) is 0 Å². The van der Waals surface area contributed by atoms with Crippen LogP contribution in [0.5, 0.6) is 5.75 Å². The summed E-state index contributed by atoms with van der Waals surface area (Å²) < 4.78 is 0. The van der Waals surface area contributed by atoms with Crippen molar-refractivity contribution in [3.8, 4) is 5.75 Å². The van der Waals surface area contributed by atoms with Crippen LogP contribution in [0.4, 0.5) is 11.4 Å². The average molecular weight is 204 g/mol. The monoisotopic (exact) mass is 204 g/mol. The van der Waals surface area contributed by atoms with Crippen molar-refractivity contribution in [1.29, 1.82) is 0 Å². The van der Waals surface area contributed by atoms with E-state index in [4.69, 9.17) is 5.73 Å². The maximum atomic E-state index is 10.7. The number of phenolic OH excluding ortho intramolecular Hbond substituents is 1. The van der Waals surface area contributed by atoms with Crippen LogP contribution < -0.4 is 5.73 Å². The van der Waals surface area contributed by atoms with Crippen molar-refractivity contribution in [3.63, 3.8) is 0 Å². The smallest absolute Gasteiger partial charge is 0.333 e. The Morgan fingerprint density at radius 1 is 1.33 bits per heavy atom. The Labute approximate surface area is 84.9 Å². The summed E-state index contributed by atoms with van der Waals surface area (Å²) in [7, 11) is 0. The van der Waals surface area contributed by atoms with Crippen molar-refractivity contribution in [2.24, 2.45) is 0 Å². The molecule has 2 aromatic carbocycles. The largest absolute Gasteiger partial charge is 0.502 e. The van der Waals surface area contributed by atoms with Crippen LogP contribution in [0.1, 0.15) is 0 Å². The predicted octanol–water partition coefficient (Wildman–Crippen LogP) is 2.04. The van der Waals surface area contributed by atoms with Gasteiger partial charge in [-0.25, -0.2) is 0 Å². The van der Waals surface area contributed by atoms with Crippen LogP contribution >= 0.6 is 0 Å². The summed E-state index contributed by atoms with van der Waals surface area (Å²) in [5, 5.41) is 21.3. The van der Waals surface area contributed by atoms with Crippen molar-refractivity contribution in [2.45, 2.75) is 0 Å². The lowest BCUT2D eigenvalue weighted by atomic mass is 10.1. The number of aromatic hydroxyl groups is 1. The number of nitrogen functional groups attached to an aromatic ring is 1. The number of hydrogen-bond donors (Lipinski definition) is 2. The molecule has 0 unspecified atom stereocenters. The van der Waals surface area contributed by atoms with E-state index in [0.29, 0.717) is 10.8 Å². The summed E-state index contributed by atoms with van der Waals surface area (Å²) in [6, 6.07) is 8.25. The molecule has 0 aliphatic heterocycles. The van der Waals surface area contributed by atoms with Gasteiger partial charge in [-0.05, 0) is 11.5 Å². The van der Waals surface area contributed by atoms with E-state index in [-0.39, 0.29) is 5.69 Å². The van der Waals surface area contributed by atoms with Crippen LogP contribution in [0, 0.1) is 10.1 Å². The second kappa shape index (κ2) is 3.13. The molecular weight excluding hydrogens is 196 g/mol. The highest BCUT2D eigenvalue weighted by Gasteiger charge is 2.20. The molecule has 0 radical (unpaired) electrons. The molecule has 2 rings (SSSR count). The normalized spacial score (nSPS) is 10.4. The van der Waals surface area contributed by atoms with Gasteiger partial charge < -0.3 is 10.8 Å². The lowest BCUT2D eigenvalue weighted by molar-refractivity contribution is -0.384. The summed E-state index contributed by atoms with van der Waals surface area (Å²) in [6.45, 7) is 0. The Bertz CT molecular complexity index is 552. The minimum absolute atomic E-state index is 0.00407. The fourth-order valence-electron chi connectivity index (χ4n) is 1.54. The first-order valence-corrected chi connectivity index (χ1v) is 4.26. The zero-order valence-electron chi connectivity index (χ0n) is 7.68. The van der Waals surface area contributed by atoms with E-state index in [2.05, 4.69) is 0 Å². The molecule has 0 aliphatic carbocycles. The van der Waals surface area contributed by atoms with E-state index in [1.54, 1.807) is 24.3 Å². The molecule has 0 saturated carbocycles. The van der Waals surface area contributed by atoms with Gasteiger partial charge in [-0.2, -0.15) is 0 Å². The molecule has 3 N–H and O–H groups in total. The third kappa shape index (κ3) is 1.34. The molecule has 15 heavy (non-hydrogen) atoms. The van der Waals surface area contributed by atoms with Gasteiger partial charge >= 0.3 is 5.69 Å². The van der Waals surface area contributed by atoms with E-state index in [0.717, 1.165) is 0 Å². The first-order chi connectivity index (χ1) is 7.11. The van der Waals surface area contributed by atoms with Crippen LogP contribution in [-0.4, -0.2) is 10.0 Å². The fraction of sp³-hybridized carbons (Fsp3) is 0. The minimum Gasteiger partial charge on any atom is -0.502 e. The Morgan fingerprint density at radius 3 is 2.67 bits per heavy atom. The first-order valence-electron chi connectivity index (χ1n) is 4.26. The summed E-state index contributed by atoms with van der Waals surface area (Å²) >= 11 is 0. The van der Waals surface area contributed by atoms with Gasteiger partial charge in [0.1, 0.15) is 5.69 Å². The molecule has 5 nitrogen and oxygen atoms in total. The third-order valence-corrected chi connectivity index (χ3v) is 2.22. The van der Waals surface area contributed by atoms with Crippen LogP contribution in [0.2, 0.25) is 0 Å². The molecule has 0 aliphatic rings. The molecule has 0 saturated heterocycles. The van der Waals surface area contributed by atoms with Gasteiger partial charge in [0.15, 0.2) is 5.75 Å². The van der Waals surface area contributed by atoms with Crippen LogP contribution in [-0.2, 0) is 0 Å². The Balaban J connectivity index is 2.90. The Morgan fingerprint density at radius 2 is 2.00 bits per heavy atom. The van der Waals surface area contributed by atoms with Crippen molar-refractivity contribution >= 4 is 22.1 Å². The van der Waals surface area contributed by atoms with Gasteiger partial charge in [0.25, 0.3) is 0 Å². The quantitative estimate of drug-likeness (QED) is 0.422. The highest BCUT2D eigenvalue weighted by molar-refractivity contribution is 5.99. The van der Waals surface area contributed by atoms with E-state index >= 15 is 0 Å². The zero-order chi connectivity index (χ0) is 11.0. The van der Waals surface area contributed by atoms with Crippen LogP contribution in [0.15, 0.2) is 30.3 Å². The zero-order valence-corrected chi connectivity index (χ0v) is 7.68. The molecule has 0 amide bonds. The molecule has 5 heteroatoms. The molecule has 0 bridgehead atoms. The van der Waals surface area contributed by atoms with Gasteiger partial charge in [0.2, 0.25) is 0 Å². The van der Waals surface area contributed by atoms with E-state index < -0.39 is 16.4 Å². The number of nitro groups is 1. The second-order valence-electron chi connectivity index (χ2n) is 3.14. The Kier molecular flexibility index (Phi) is 1.93. The number of nitro benzene ring substituents is 1. The summed E-state index contributed by atoms with van der Waals surface area (Å²) in [4.78, 5) is 9.97. The van der Waals surface area contributed by atoms with Crippen molar-refractivity contribution in [1.82, 2.24) is 0 Å². The molecule has 0 fully saturated rings. The number of nitrogens with two attached hydrogens (primary N) is 1. The fourth-order valence-corrected chi connectivity index (χ4v) is 1.54. The topological polar surface area (TPSA) is 89.4 Å². The maximum absolute atomic E-state index is 10.7. The highest BCUT2D eigenvalue weighted by Crippen LogP contribution is 2.38. The second-order valence-corrected chi connectivity index (χ2v) is 3.14. The van der Waals surface area contributed by atoms with Crippen LogP contribution in [0.25, 0.3) is 10.8 Å². The lowest BCUT2D eigenvalue weighted by Crippen LogP contribution is -1.97. The molecule has 0 atom stereocenters. The number of nitrogens with zero attached hydrogens (tertiary/aromatic N) is 1. The lowest BCUT2D eigenvalue weighted by Gasteiger charge is -2.04. The summed E-state index contributed by atoms with van der Waals surface area (Å²) in [6.07, 6.45) is 0.